The molecule has 2 aromatic rings. The van der Waals surface area contributed by atoms with Crippen LogP contribution in [0.5, 0.6) is 11.5 Å². The zero-order chi connectivity index (χ0) is 17.5. The number of carbonyl (C=O) groups excluding carboxylic acids is 1. The Morgan fingerprint density at radius 2 is 1.79 bits per heavy atom. The highest BCUT2D eigenvalue weighted by atomic mass is 19.1. The molecule has 0 N–H and O–H groups in total. The van der Waals surface area contributed by atoms with Crippen molar-refractivity contribution in [3.8, 4) is 11.5 Å². The molecule has 0 unspecified atom stereocenters. The SMILES string of the molecule is CC(=O)Oc1ccc2c(c1)OC(C)(C)C(c1ccc(F)cc1)=C2C. The van der Waals surface area contributed by atoms with Gasteiger partial charge in [0.15, 0.2) is 0 Å². The highest BCUT2D eigenvalue weighted by molar-refractivity contribution is 5.96. The van der Waals surface area contributed by atoms with E-state index >= 15 is 0 Å². The second kappa shape index (κ2) is 5.78. The summed E-state index contributed by atoms with van der Waals surface area (Å²) in [5, 5.41) is 0. The van der Waals surface area contributed by atoms with E-state index in [9.17, 15) is 9.18 Å². The minimum atomic E-state index is -0.593. The number of hydrogen-bond acceptors (Lipinski definition) is 3. The van der Waals surface area contributed by atoms with Crippen LogP contribution in [0.1, 0.15) is 38.8 Å². The number of allylic oxidation sites excluding steroid dienone is 1. The first-order valence-corrected chi connectivity index (χ1v) is 7.77. The number of fused-ring (bicyclic) bond motifs is 1. The van der Waals surface area contributed by atoms with Crippen LogP contribution in [-0.2, 0) is 4.79 Å². The molecule has 0 atom stereocenters. The van der Waals surface area contributed by atoms with Crippen LogP contribution in [-0.4, -0.2) is 11.6 Å². The number of ether oxygens (including phenoxy) is 2. The predicted molar refractivity (Wildman–Crippen MR) is 91.3 cm³/mol. The molecule has 0 bridgehead atoms. The summed E-state index contributed by atoms with van der Waals surface area (Å²) >= 11 is 0. The third-order valence-electron chi connectivity index (χ3n) is 4.09. The summed E-state index contributed by atoms with van der Waals surface area (Å²) in [6, 6.07) is 11.8. The van der Waals surface area contributed by atoms with Gasteiger partial charge in [-0.2, -0.15) is 0 Å². The highest BCUT2D eigenvalue weighted by Crippen LogP contribution is 2.46. The highest BCUT2D eigenvalue weighted by Gasteiger charge is 2.34. The molecule has 0 spiro atoms. The molecule has 0 fully saturated rings. The Hall–Kier alpha value is -2.62. The molecule has 4 heteroatoms. The van der Waals surface area contributed by atoms with Crippen molar-refractivity contribution in [1.82, 2.24) is 0 Å². The van der Waals surface area contributed by atoms with Crippen molar-refractivity contribution in [2.45, 2.75) is 33.3 Å². The number of hydrogen-bond donors (Lipinski definition) is 0. The molecule has 2 aromatic carbocycles. The molecular weight excluding hydrogens is 307 g/mol. The average Bonchev–Trinajstić information content (AvgIpc) is 2.47. The standard InChI is InChI=1S/C20H19FO3/c1-12-17-10-9-16(23-13(2)22)11-18(17)24-20(3,4)19(12)14-5-7-15(21)8-6-14/h5-11H,1-4H3. The lowest BCUT2D eigenvalue weighted by atomic mass is 9.82. The van der Waals surface area contributed by atoms with Gasteiger partial charge < -0.3 is 9.47 Å². The Bertz CT molecular complexity index is 832. The van der Waals surface area contributed by atoms with Gasteiger partial charge in [-0.05, 0) is 56.2 Å². The van der Waals surface area contributed by atoms with Crippen LogP contribution in [0.15, 0.2) is 42.5 Å². The Morgan fingerprint density at radius 3 is 2.42 bits per heavy atom. The summed E-state index contributed by atoms with van der Waals surface area (Å²) in [7, 11) is 0. The first kappa shape index (κ1) is 16.2. The molecule has 1 aliphatic rings. The van der Waals surface area contributed by atoms with E-state index in [1.807, 2.05) is 26.8 Å². The van der Waals surface area contributed by atoms with Crippen molar-refractivity contribution < 1.29 is 18.7 Å². The minimum Gasteiger partial charge on any atom is -0.482 e. The summed E-state index contributed by atoms with van der Waals surface area (Å²) in [6.07, 6.45) is 0. The van der Waals surface area contributed by atoms with Crippen LogP contribution in [0.25, 0.3) is 11.1 Å². The fourth-order valence-corrected chi connectivity index (χ4v) is 3.22. The van der Waals surface area contributed by atoms with Crippen LogP contribution in [0.3, 0.4) is 0 Å². The maximum Gasteiger partial charge on any atom is 0.308 e. The normalized spacial score (nSPS) is 15.5. The van der Waals surface area contributed by atoms with E-state index in [2.05, 4.69) is 0 Å². The van der Waals surface area contributed by atoms with Gasteiger partial charge in [-0.25, -0.2) is 4.39 Å². The van der Waals surface area contributed by atoms with Crippen molar-refractivity contribution in [3.63, 3.8) is 0 Å². The van der Waals surface area contributed by atoms with Crippen molar-refractivity contribution in [2.75, 3.05) is 0 Å². The van der Waals surface area contributed by atoms with Gasteiger partial charge in [0.2, 0.25) is 0 Å². The Morgan fingerprint density at radius 1 is 1.12 bits per heavy atom. The topological polar surface area (TPSA) is 35.5 Å². The monoisotopic (exact) mass is 326 g/mol. The summed E-state index contributed by atoms with van der Waals surface area (Å²) < 4.78 is 24.5. The minimum absolute atomic E-state index is 0.266. The van der Waals surface area contributed by atoms with Gasteiger partial charge in [0.25, 0.3) is 0 Å². The molecule has 0 aliphatic carbocycles. The third kappa shape index (κ3) is 2.92. The van der Waals surface area contributed by atoms with Crippen molar-refractivity contribution >= 4 is 17.1 Å². The van der Waals surface area contributed by atoms with Gasteiger partial charge in [0.05, 0.1) is 0 Å². The number of halogens is 1. The first-order chi connectivity index (χ1) is 11.3. The lowest BCUT2D eigenvalue weighted by molar-refractivity contribution is -0.131. The van der Waals surface area contributed by atoms with Crippen LogP contribution in [0, 0.1) is 5.82 Å². The Balaban J connectivity index is 2.12. The summed E-state index contributed by atoms with van der Waals surface area (Å²) in [5.41, 5.74) is 3.33. The molecule has 1 heterocycles. The molecule has 3 rings (SSSR count). The van der Waals surface area contributed by atoms with E-state index in [0.717, 1.165) is 22.3 Å². The molecule has 24 heavy (non-hydrogen) atoms. The van der Waals surface area contributed by atoms with Gasteiger partial charge in [-0.3, -0.25) is 4.79 Å². The smallest absolute Gasteiger partial charge is 0.308 e. The van der Waals surface area contributed by atoms with Gasteiger partial charge in [0.1, 0.15) is 22.9 Å². The Kier molecular flexibility index (Phi) is 3.91. The van der Waals surface area contributed by atoms with Crippen molar-refractivity contribution in [1.29, 1.82) is 0 Å². The van der Waals surface area contributed by atoms with Gasteiger partial charge >= 0.3 is 5.97 Å². The molecule has 0 radical (unpaired) electrons. The van der Waals surface area contributed by atoms with Gasteiger partial charge in [-0.1, -0.05) is 12.1 Å². The fourth-order valence-electron chi connectivity index (χ4n) is 3.22. The summed E-state index contributed by atoms with van der Waals surface area (Å²) in [6.45, 7) is 7.32. The maximum absolute atomic E-state index is 13.2. The lowest BCUT2D eigenvalue weighted by Crippen LogP contribution is -2.33. The van der Waals surface area contributed by atoms with Gasteiger partial charge in [0, 0.05) is 24.1 Å². The second-order valence-electron chi connectivity index (χ2n) is 6.37. The van der Waals surface area contributed by atoms with E-state index in [-0.39, 0.29) is 11.8 Å². The molecular formula is C20H19FO3. The number of rotatable bonds is 2. The molecule has 124 valence electrons. The zero-order valence-corrected chi connectivity index (χ0v) is 14.1. The molecule has 3 nitrogen and oxygen atoms in total. The molecule has 0 saturated carbocycles. The summed E-state index contributed by atoms with van der Waals surface area (Å²) in [5.74, 6) is 0.486. The first-order valence-electron chi connectivity index (χ1n) is 7.77. The van der Waals surface area contributed by atoms with Crippen LogP contribution in [0.4, 0.5) is 4.39 Å². The second-order valence-corrected chi connectivity index (χ2v) is 6.37. The number of esters is 1. The average molecular weight is 326 g/mol. The quantitative estimate of drug-likeness (QED) is 0.584. The van der Waals surface area contributed by atoms with E-state index in [1.165, 1.54) is 19.1 Å². The van der Waals surface area contributed by atoms with Crippen LogP contribution >= 0.6 is 0 Å². The van der Waals surface area contributed by atoms with E-state index in [4.69, 9.17) is 9.47 Å². The lowest BCUT2D eigenvalue weighted by Gasteiger charge is -2.36. The van der Waals surface area contributed by atoms with E-state index in [0.29, 0.717) is 11.5 Å². The van der Waals surface area contributed by atoms with Crippen molar-refractivity contribution in [3.05, 3.63) is 59.4 Å². The largest absolute Gasteiger partial charge is 0.482 e. The summed E-state index contributed by atoms with van der Waals surface area (Å²) in [4.78, 5) is 11.1. The van der Waals surface area contributed by atoms with E-state index in [1.54, 1.807) is 24.3 Å². The van der Waals surface area contributed by atoms with Crippen molar-refractivity contribution in [2.24, 2.45) is 0 Å². The molecule has 1 aliphatic heterocycles. The zero-order valence-electron chi connectivity index (χ0n) is 14.1. The van der Waals surface area contributed by atoms with E-state index < -0.39 is 5.60 Å². The number of carbonyl (C=O) groups is 1. The maximum atomic E-state index is 13.2. The molecule has 0 saturated heterocycles. The van der Waals surface area contributed by atoms with Crippen LogP contribution in [0.2, 0.25) is 0 Å². The molecule has 0 amide bonds. The fraction of sp³-hybridized carbons (Fsp3) is 0.250. The molecule has 0 aromatic heterocycles. The van der Waals surface area contributed by atoms with Gasteiger partial charge in [-0.15, -0.1) is 0 Å². The number of benzene rings is 2. The third-order valence-corrected chi connectivity index (χ3v) is 4.09. The Labute approximate surface area is 140 Å². The van der Waals surface area contributed by atoms with Crippen LogP contribution < -0.4 is 9.47 Å². The predicted octanol–water partition coefficient (Wildman–Crippen LogP) is 4.85.